The van der Waals surface area contributed by atoms with E-state index in [1.165, 1.54) is 38.5 Å². The van der Waals surface area contributed by atoms with Gasteiger partial charge in [-0.15, -0.1) is 0 Å². The van der Waals surface area contributed by atoms with Crippen molar-refractivity contribution in [1.82, 2.24) is 40.0 Å². The summed E-state index contributed by atoms with van der Waals surface area (Å²) in [7, 11) is 3.10. The second-order valence-electron chi connectivity index (χ2n) is 24.3. The van der Waals surface area contributed by atoms with Crippen LogP contribution in [0.3, 0.4) is 0 Å². The van der Waals surface area contributed by atoms with Crippen LogP contribution in [0.1, 0.15) is 158 Å². The Morgan fingerprint density at radius 2 is 1.12 bits per heavy atom. The Morgan fingerprint density at radius 1 is 0.564 bits per heavy atom. The lowest BCUT2D eigenvalue weighted by molar-refractivity contribution is -0.150. The maximum absolute atomic E-state index is 15.0. The Hall–Kier alpha value is -5.68. The zero-order valence-electron chi connectivity index (χ0n) is 48.9. The Labute approximate surface area is 464 Å². The summed E-state index contributed by atoms with van der Waals surface area (Å²) in [5.41, 5.74) is 0.823. The molecule has 18 heteroatoms. The first-order valence-electron chi connectivity index (χ1n) is 29.3. The van der Waals surface area contributed by atoms with Crippen molar-refractivity contribution < 1.29 is 47.9 Å². The molecule has 3 aliphatic heterocycles. The number of likely N-dealkylation sites (N-methyl/N-ethyl adjacent to an activating group) is 3. The molecule has 8 atom stereocenters. The van der Waals surface area contributed by atoms with Crippen LogP contribution in [0.5, 0.6) is 0 Å². The number of carbonyl (C=O) groups is 10. The number of fused-ring (bicyclic) bond motifs is 2. The number of hydrogen-bond acceptors (Lipinski definition) is 10. The molecule has 4 fully saturated rings. The van der Waals surface area contributed by atoms with E-state index in [1.807, 2.05) is 71.9 Å². The Kier molecular flexibility index (Phi) is 23.9. The number of benzene rings is 1. The SMILES string of the molecule is CCN1CC(=O)N[C@@H](CC(C)C)C(=O)N2CCC[C@@H]2C(=O)N(C)[C@@H](CC(C)C)C(=O)C[C@@H](C)C(=O)N(CC2CCCCC2)CC(=O)C[C@@H](Cc2ccccc2)C(=O)N2CCC[C@@H]2C(=O)N(C)[C@@H](CC(C)C)C(=O)N[C@@H](C)C1=O. The van der Waals surface area contributed by atoms with Crippen molar-refractivity contribution in [3.05, 3.63) is 35.9 Å². The highest BCUT2D eigenvalue weighted by atomic mass is 16.2. The van der Waals surface area contributed by atoms with Crippen LogP contribution in [-0.4, -0.2) is 178 Å². The van der Waals surface area contributed by atoms with Gasteiger partial charge < -0.3 is 40.0 Å². The van der Waals surface area contributed by atoms with Gasteiger partial charge in [-0.3, -0.25) is 47.9 Å². The van der Waals surface area contributed by atoms with E-state index in [1.54, 1.807) is 25.8 Å². The molecular weight excluding hydrogens is 993 g/mol. The van der Waals surface area contributed by atoms with Crippen LogP contribution in [0.2, 0.25) is 0 Å². The average molecular weight is 1090 g/mol. The molecule has 3 heterocycles. The lowest BCUT2D eigenvalue weighted by atomic mass is 9.88. The van der Waals surface area contributed by atoms with Gasteiger partial charge in [-0.25, -0.2) is 0 Å². The third-order valence-electron chi connectivity index (χ3n) is 16.4. The number of hydrogen-bond donors (Lipinski definition) is 2. The van der Waals surface area contributed by atoms with Crippen molar-refractivity contribution in [2.24, 2.45) is 35.5 Å². The molecule has 0 unspecified atom stereocenters. The van der Waals surface area contributed by atoms with Gasteiger partial charge in [0.05, 0.1) is 19.1 Å². The van der Waals surface area contributed by atoms with Crippen LogP contribution in [0.4, 0.5) is 0 Å². The second-order valence-corrected chi connectivity index (χ2v) is 24.3. The van der Waals surface area contributed by atoms with Crippen LogP contribution in [0, 0.1) is 35.5 Å². The highest BCUT2D eigenvalue weighted by Crippen LogP contribution is 2.30. The van der Waals surface area contributed by atoms with E-state index >= 15 is 0 Å². The number of Topliss-reactive ketones (excluding diaryl/α,β-unsaturated/α-hetero) is 2. The molecule has 0 spiro atoms. The Bertz CT molecular complexity index is 2270. The lowest BCUT2D eigenvalue weighted by Gasteiger charge is -2.36. The van der Waals surface area contributed by atoms with Crippen molar-refractivity contribution in [3.63, 3.8) is 0 Å². The number of ketones is 2. The number of nitrogens with one attached hydrogen (secondary N) is 2. The quantitative estimate of drug-likeness (QED) is 0.287. The molecule has 0 aromatic heterocycles. The number of carbonyl (C=O) groups excluding carboxylic acids is 10. The fourth-order valence-electron chi connectivity index (χ4n) is 12.2. The molecule has 8 amide bonds. The first kappa shape index (κ1) is 63.2. The van der Waals surface area contributed by atoms with Crippen LogP contribution in [-0.2, 0) is 54.4 Å². The van der Waals surface area contributed by atoms with Crippen molar-refractivity contribution in [1.29, 1.82) is 0 Å². The van der Waals surface area contributed by atoms with Crippen molar-refractivity contribution in [2.45, 2.75) is 195 Å². The molecule has 78 heavy (non-hydrogen) atoms. The number of nitrogens with zero attached hydrogens (tertiary/aromatic N) is 6. The molecule has 4 aliphatic rings. The summed E-state index contributed by atoms with van der Waals surface area (Å²) in [4.78, 5) is 154. The molecule has 1 aromatic rings. The largest absolute Gasteiger partial charge is 0.343 e. The third kappa shape index (κ3) is 17.2. The van der Waals surface area contributed by atoms with Crippen LogP contribution in [0.25, 0.3) is 0 Å². The first-order valence-corrected chi connectivity index (χ1v) is 29.3. The molecule has 1 aliphatic carbocycles. The fraction of sp³-hybridized carbons (Fsp3) is 0.733. The first-order chi connectivity index (χ1) is 36.9. The molecule has 5 rings (SSSR count). The molecule has 434 valence electrons. The molecule has 0 radical (unpaired) electrons. The van der Waals surface area contributed by atoms with Gasteiger partial charge in [0.1, 0.15) is 30.2 Å². The van der Waals surface area contributed by atoms with Crippen molar-refractivity contribution >= 4 is 58.8 Å². The molecule has 1 aromatic carbocycles. The van der Waals surface area contributed by atoms with E-state index in [2.05, 4.69) is 10.6 Å². The van der Waals surface area contributed by atoms with E-state index in [9.17, 15) is 47.9 Å². The molecular formula is C60H94N8O10. The Morgan fingerprint density at radius 3 is 1.68 bits per heavy atom. The molecule has 1 saturated carbocycles. The minimum Gasteiger partial charge on any atom is -0.343 e. The normalized spacial score (nSPS) is 27.6. The van der Waals surface area contributed by atoms with Crippen LogP contribution < -0.4 is 10.6 Å². The topological polar surface area (TPSA) is 214 Å². The number of rotatable bonds is 11. The summed E-state index contributed by atoms with van der Waals surface area (Å²) in [5, 5.41) is 5.67. The standard InChI is InChI=1S/C60H94N8O10/c1-12-65-37-53(71)62-47(29-38(2)3)58(76)68-28-20-26-49(68)59(77)63(10)50(30-39(4)5)52(70)32-41(8)55(73)66(35-44-23-17-14-18-24-44)36-46(69)34-45(33-43-21-15-13-16-22-43)57(75)67-27-19-25-48(67)60(78)64(11)51(31-40(6)7)54(72)61-42(9)56(65)74/h13,15-16,21-22,38-42,44-45,47-51H,12,14,17-20,23-37H2,1-11H3,(H,61,72)(H,62,71)/t41-,42+,45-,47+,48-,49-,50+,51+/m1/s1. The summed E-state index contributed by atoms with van der Waals surface area (Å²) >= 11 is 0. The summed E-state index contributed by atoms with van der Waals surface area (Å²) in [6, 6.07) is 3.43. The van der Waals surface area contributed by atoms with E-state index in [0.717, 1.165) is 37.7 Å². The van der Waals surface area contributed by atoms with Gasteiger partial charge in [-0.1, -0.05) is 98.1 Å². The van der Waals surface area contributed by atoms with Crippen LogP contribution in [0.15, 0.2) is 30.3 Å². The maximum Gasteiger partial charge on any atom is 0.245 e. The smallest absolute Gasteiger partial charge is 0.245 e. The fourth-order valence-corrected chi connectivity index (χ4v) is 12.2. The predicted molar refractivity (Wildman–Crippen MR) is 298 cm³/mol. The van der Waals surface area contributed by atoms with Crippen LogP contribution >= 0.6 is 0 Å². The van der Waals surface area contributed by atoms with Gasteiger partial charge >= 0.3 is 0 Å². The summed E-state index contributed by atoms with van der Waals surface area (Å²) < 4.78 is 0. The average Bonchev–Trinajstić information content (AvgIpc) is 4.13. The molecule has 0 bridgehead atoms. The van der Waals surface area contributed by atoms with Crippen molar-refractivity contribution in [2.75, 3.05) is 53.4 Å². The van der Waals surface area contributed by atoms with E-state index in [0.29, 0.717) is 38.6 Å². The Balaban J connectivity index is 1.55. The van der Waals surface area contributed by atoms with Gasteiger partial charge in [-0.2, -0.15) is 0 Å². The highest BCUT2D eigenvalue weighted by Gasteiger charge is 2.44. The van der Waals surface area contributed by atoms with Crippen molar-refractivity contribution in [3.8, 4) is 0 Å². The van der Waals surface area contributed by atoms with Gasteiger partial charge in [0.15, 0.2) is 11.6 Å². The third-order valence-corrected chi connectivity index (χ3v) is 16.4. The zero-order chi connectivity index (χ0) is 57.5. The minimum absolute atomic E-state index is 0.0209. The monoisotopic (exact) mass is 1090 g/mol. The summed E-state index contributed by atoms with van der Waals surface area (Å²) in [6.45, 7) is 16.7. The van der Waals surface area contributed by atoms with E-state index in [4.69, 9.17) is 0 Å². The summed E-state index contributed by atoms with van der Waals surface area (Å²) in [6.07, 6.45) is 7.20. The van der Waals surface area contributed by atoms with Gasteiger partial charge in [0.25, 0.3) is 0 Å². The van der Waals surface area contributed by atoms with E-state index < -0.39 is 90.1 Å². The molecule has 3 saturated heterocycles. The van der Waals surface area contributed by atoms with E-state index in [-0.39, 0.29) is 105 Å². The lowest BCUT2D eigenvalue weighted by Crippen LogP contribution is -2.58. The molecule has 2 N–H and O–H groups in total. The second kappa shape index (κ2) is 29.5. The molecule has 18 nitrogen and oxygen atoms in total. The minimum atomic E-state index is -1.12. The highest BCUT2D eigenvalue weighted by molar-refractivity contribution is 5.99. The number of amides is 8. The van der Waals surface area contributed by atoms with Gasteiger partial charge in [-0.05, 0) is 107 Å². The zero-order valence-corrected chi connectivity index (χ0v) is 48.9. The summed E-state index contributed by atoms with van der Waals surface area (Å²) in [5.74, 6) is -6.10. The predicted octanol–water partition coefficient (Wildman–Crippen LogP) is 5.43. The van der Waals surface area contributed by atoms with Gasteiger partial charge in [0.2, 0.25) is 47.3 Å². The maximum atomic E-state index is 15.0. The van der Waals surface area contributed by atoms with Gasteiger partial charge in [0, 0.05) is 65.0 Å².